The summed E-state index contributed by atoms with van der Waals surface area (Å²) in [6, 6.07) is 12.9. The fourth-order valence-corrected chi connectivity index (χ4v) is 3.44. The van der Waals surface area contributed by atoms with Gasteiger partial charge in [0, 0.05) is 27.9 Å². The molecular formula is C20H18ClN3O2S. The zero-order valence-corrected chi connectivity index (χ0v) is 16.3. The maximum Gasteiger partial charge on any atom is 0.276 e. The second-order valence-corrected chi connectivity index (χ2v) is 7.92. The number of rotatable bonds is 6. The van der Waals surface area contributed by atoms with Crippen molar-refractivity contribution in [1.82, 2.24) is 10.2 Å². The summed E-state index contributed by atoms with van der Waals surface area (Å²) in [7, 11) is 0. The van der Waals surface area contributed by atoms with Crippen LogP contribution in [-0.4, -0.2) is 16.1 Å². The highest BCUT2D eigenvalue weighted by molar-refractivity contribution is 7.98. The number of thioether (sulfide) groups is 1. The summed E-state index contributed by atoms with van der Waals surface area (Å²) in [5, 5.41) is 12.3. The molecule has 1 aliphatic rings. The van der Waals surface area contributed by atoms with Crippen LogP contribution in [0.25, 0.3) is 0 Å². The minimum absolute atomic E-state index is 0.151. The zero-order valence-electron chi connectivity index (χ0n) is 14.7. The Bertz CT molecular complexity index is 968. The van der Waals surface area contributed by atoms with E-state index in [0.717, 1.165) is 35.5 Å². The number of nitrogens with one attached hydrogen (secondary N) is 1. The van der Waals surface area contributed by atoms with Crippen molar-refractivity contribution < 1.29 is 9.21 Å². The van der Waals surface area contributed by atoms with E-state index in [2.05, 4.69) is 15.5 Å². The van der Waals surface area contributed by atoms with E-state index in [9.17, 15) is 4.79 Å². The number of carbonyl (C=O) groups is 1. The molecule has 4 rings (SSSR count). The van der Waals surface area contributed by atoms with E-state index in [1.165, 1.54) is 11.8 Å². The van der Waals surface area contributed by atoms with Crippen molar-refractivity contribution in [2.75, 3.05) is 5.32 Å². The van der Waals surface area contributed by atoms with Crippen molar-refractivity contribution in [3.05, 3.63) is 70.1 Å². The van der Waals surface area contributed by atoms with Crippen molar-refractivity contribution >= 4 is 35.0 Å². The first-order valence-electron chi connectivity index (χ1n) is 8.71. The van der Waals surface area contributed by atoms with Crippen molar-refractivity contribution in [2.24, 2.45) is 0 Å². The van der Waals surface area contributed by atoms with Gasteiger partial charge in [0.2, 0.25) is 5.89 Å². The lowest BCUT2D eigenvalue weighted by atomic mass is 10.1. The fourth-order valence-electron chi connectivity index (χ4n) is 2.60. The highest BCUT2D eigenvalue weighted by atomic mass is 35.5. The molecule has 2 aromatic carbocycles. The molecule has 1 fully saturated rings. The van der Waals surface area contributed by atoms with Crippen molar-refractivity contribution in [1.29, 1.82) is 0 Å². The molecule has 1 heterocycles. The third-order valence-corrected chi connectivity index (χ3v) is 5.66. The van der Waals surface area contributed by atoms with Gasteiger partial charge in [-0.25, -0.2) is 0 Å². The SMILES string of the molecule is Cc1cc(NC(=O)c2ccc(CSc3nnc(C4CC4)o3)cc2)ccc1Cl. The summed E-state index contributed by atoms with van der Waals surface area (Å²) in [5.74, 6) is 1.78. The van der Waals surface area contributed by atoms with Crippen LogP contribution in [0.3, 0.4) is 0 Å². The van der Waals surface area contributed by atoms with Gasteiger partial charge in [0.15, 0.2) is 0 Å². The number of nitrogens with zero attached hydrogens (tertiary/aromatic N) is 2. The minimum atomic E-state index is -0.151. The van der Waals surface area contributed by atoms with Gasteiger partial charge < -0.3 is 9.73 Å². The molecule has 0 saturated heterocycles. The average molecular weight is 400 g/mol. The van der Waals surface area contributed by atoms with Crippen LogP contribution in [0, 0.1) is 6.92 Å². The number of benzene rings is 2. The second kappa shape index (κ2) is 7.74. The Morgan fingerprint density at radius 1 is 1.22 bits per heavy atom. The van der Waals surface area contributed by atoms with E-state index < -0.39 is 0 Å². The molecule has 0 spiro atoms. The van der Waals surface area contributed by atoms with Crippen molar-refractivity contribution in [2.45, 2.75) is 36.7 Å². The van der Waals surface area contributed by atoms with E-state index in [4.69, 9.17) is 16.0 Å². The van der Waals surface area contributed by atoms with Crippen LogP contribution in [0.1, 0.15) is 46.1 Å². The molecule has 0 bridgehead atoms. The molecule has 1 aliphatic carbocycles. The quantitative estimate of drug-likeness (QED) is 0.558. The molecular weight excluding hydrogens is 382 g/mol. The molecule has 0 aliphatic heterocycles. The molecule has 1 amide bonds. The molecule has 1 aromatic heterocycles. The normalized spacial score (nSPS) is 13.6. The number of hydrogen-bond acceptors (Lipinski definition) is 5. The van der Waals surface area contributed by atoms with Gasteiger partial charge in [-0.05, 0) is 61.2 Å². The van der Waals surface area contributed by atoms with Gasteiger partial charge >= 0.3 is 0 Å². The summed E-state index contributed by atoms with van der Waals surface area (Å²) >= 11 is 7.52. The molecule has 138 valence electrons. The number of hydrogen-bond donors (Lipinski definition) is 1. The zero-order chi connectivity index (χ0) is 18.8. The number of anilines is 1. The summed E-state index contributed by atoms with van der Waals surface area (Å²) in [6.07, 6.45) is 2.29. The Balaban J connectivity index is 1.34. The molecule has 1 saturated carbocycles. The molecule has 7 heteroatoms. The number of aryl methyl sites for hydroxylation is 1. The number of halogens is 1. The van der Waals surface area contributed by atoms with Gasteiger partial charge in [-0.15, -0.1) is 10.2 Å². The van der Waals surface area contributed by atoms with Gasteiger partial charge in [0.25, 0.3) is 11.1 Å². The Morgan fingerprint density at radius 3 is 2.70 bits per heavy atom. The summed E-state index contributed by atoms with van der Waals surface area (Å²) in [5.41, 5.74) is 3.34. The van der Waals surface area contributed by atoms with E-state index in [1.807, 2.05) is 37.3 Å². The van der Waals surface area contributed by atoms with Crippen molar-refractivity contribution in [3.8, 4) is 0 Å². The monoisotopic (exact) mass is 399 g/mol. The van der Waals surface area contributed by atoms with Gasteiger partial charge in [-0.2, -0.15) is 0 Å². The summed E-state index contributed by atoms with van der Waals surface area (Å²) in [4.78, 5) is 12.4. The third-order valence-electron chi connectivity index (χ3n) is 4.34. The lowest BCUT2D eigenvalue weighted by Crippen LogP contribution is -2.11. The van der Waals surface area contributed by atoms with Crippen molar-refractivity contribution in [3.63, 3.8) is 0 Å². The summed E-state index contributed by atoms with van der Waals surface area (Å²) < 4.78 is 5.64. The molecule has 27 heavy (non-hydrogen) atoms. The Kier molecular flexibility index (Phi) is 5.18. The van der Waals surface area contributed by atoms with Crippen LogP contribution in [-0.2, 0) is 5.75 Å². The molecule has 1 N–H and O–H groups in total. The predicted octanol–water partition coefficient (Wildman–Crippen LogP) is 5.45. The average Bonchev–Trinajstić information content (AvgIpc) is 3.42. The minimum Gasteiger partial charge on any atom is -0.416 e. The topological polar surface area (TPSA) is 68.0 Å². The van der Waals surface area contributed by atoms with Crippen LogP contribution in [0.15, 0.2) is 52.1 Å². The van der Waals surface area contributed by atoms with Gasteiger partial charge in [-0.3, -0.25) is 4.79 Å². The second-order valence-electron chi connectivity index (χ2n) is 6.58. The Morgan fingerprint density at radius 2 is 2.00 bits per heavy atom. The van der Waals surface area contributed by atoms with Crippen LogP contribution >= 0.6 is 23.4 Å². The van der Waals surface area contributed by atoms with Gasteiger partial charge in [0.05, 0.1) is 0 Å². The number of amides is 1. The molecule has 0 atom stereocenters. The standard InChI is InChI=1S/C20H18ClN3O2S/c1-12-10-16(8-9-17(12)21)22-18(25)14-4-2-13(3-5-14)11-27-20-24-23-19(26-20)15-6-7-15/h2-5,8-10,15H,6-7,11H2,1H3,(H,22,25). The fraction of sp³-hybridized carbons (Fsp3) is 0.250. The first-order valence-corrected chi connectivity index (χ1v) is 10.1. The predicted molar refractivity (Wildman–Crippen MR) is 106 cm³/mol. The number of aromatic nitrogens is 2. The third kappa shape index (κ3) is 4.51. The maximum absolute atomic E-state index is 12.4. The molecule has 0 unspecified atom stereocenters. The maximum atomic E-state index is 12.4. The molecule has 5 nitrogen and oxygen atoms in total. The first kappa shape index (κ1) is 18.1. The highest BCUT2D eigenvalue weighted by Gasteiger charge is 2.29. The van der Waals surface area contributed by atoms with E-state index in [1.54, 1.807) is 12.1 Å². The largest absolute Gasteiger partial charge is 0.416 e. The van der Waals surface area contributed by atoms with Crippen LogP contribution in [0.4, 0.5) is 5.69 Å². The van der Waals surface area contributed by atoms with Crippen LogP contribution in [0.2, 0.25) is 5.02 Å². The summed E-state index contributed by atoms with van der Waals surface area (Å²) in [6.45, 7) is 1.90. The van der Waals surface area contributed by atoms with Crippen LogP contribution < -0.4 is 5.32 Å². The van der Waals surface area contributed by atoms with E-state index in [0.29, 0.717) is 27.5 Å². The lowest BCUT2D eigenvalue weighted by molar-refractivity contribution is 0.102. The van der Waals surface area contributed by atoms with Gasteiger partial charge in [0.1, 0.15) is 0 Å². The van der Waals surface area contributed by atoms with E-state index in [-0.39, 0.29) is 5.91 Å². The lowest BCUT2D eigenvalue weighted by Gasteiger charge is -2.07. The van der Waals surface area contributed by atoms with Crippen LogP contribution in [0.5, 0.6) is 0 Å². The number of carbonyl (C=O) groups excluding carboxylic acids is 1. The van der Waals surface area contributed by atoms with E-state index >= 15 is 0 Å². The smallest absolute Gasteiger partial charge is 0.276 e. The molecule has 3 aromatic rings. The molecule has 0 radical (unpaired) electrons. The first-order chi connectivity index (χ1) is 13.1. The Labute approximate surface area is 166 Å². The van der Waals surface area contributed by atoms with Gasteiger partial charge in [-0.1, -0.05) is 35.5 Å². The Hall–Kier alpha value is -2.31. The highest BCUT2D eigenvalue weighted by Crippen LogP contribution is 2.40.